The fourth-order valence-corrected chi connectivity index (χ4v) is 1.95. The molecule has 0 atom stereocenters. The van der Waals surface area contributed by atoms with Crippen LogP contribution in [0.15, 0.2) is 32.3 Å². The van der Waals surface area contributed by atoms with Crippen LogP contribution in [0.3, 0.4) is 0 Å². The molecule has 0 amide bonds. The minimum Gasteiger partial charge on any atom is -0.476 e. The van der Waals surface area contributed by atoms with E-state index in [9.17, 15) is 14.7 Å². The molecule has 3 rings (SSSR count). The van der Waals surface area contributed by atoms with E-state index in [1.807, 2.05) is 0 Å². The van der Waals surface area contributed by atoms with Gasteiger partial charge < -0.3 is 14.0 Å². The summed E-state index contributed by atoms with van der Waals surface area (Å²) in [6.45, 7) is 1.63. The van der Waals surface area contributed by atoms with E-state index in [1.165, 1.54) is 19.5 Å². The van der Waals surface area contributed by atoms with E-state index < -0.39 is 11.5 Å². The zero-order valence-electron chi connectivity index (χ0n) is 10.4. The first kappa shape index (κ1) is 12.2. The first-order chi connectivity index (χ1) is 9.58. The second kappa shape index (κ2) is 4.34. The Morgan fingerprint density at radius 3 is 2.95 bits per heavy atom. The van der Waals surface area contributed by atoms with Crippen LogP contribution in [0.2, 0.25) is 0 Å². The molecule has 0 radical (unpaired) electrons. The molecule has 0 aliphatic heterocycles. The van der Waals surface area contributed by atoms with Crippen molar-refractivity contribution in [3.05, 3.63) is 46.0 Å². The molecule has 3 aromatic rings. The Bertz CT molecular complexity index is 844. The average molecular weight is 275 g/mol. The molecular formula is C12H9N3O5. The fourth-order valence-electron chi connectivity index (χ4n) is 1.95. The first-order valence-corrected chi connectivity index (χ1v) is 5.69. The van der Waals surface area contributed by atoms with Crippen LogP contribution in [0.5, 0.6) is 0 Å². The maximum absolute atomic E-state index is 12.2. The summed E-state index contributed by atoms with van der Waals surface area (Å²) < 4.78 is 10.8. The first-order valence-electron chi connectivity index (χ1n) is 5.69. The molecule has 0 unspecified atom stereocenters. The number of carboxylic acids is 1. The van der Waals surface area contributed by atoms with E-state index in [1.54, 1.807) is 6.07 Å². The Morgan fingerprint density at radius 2 is 2.30 bits per heavy atom. The number of carbonyl (C=O) groups is 1. The van der Waals surface area contributed by atoms with Crippen LogP contribution in [0.25, 0.3) is 10.9 Å². The normalized spacial score (nSPS) is 11.1. The number of nitrogens with zero attached hydrogens (tertiary/aromatic N) is 3. The van der Waals surface area contributed by atoms with E-state index in [2.05, 4.69) is 10.3 Å². The lowest BCUT2D eigenvalue weighted by atomic mass is 10.2. The van der Waals surface area contributed by atoms with Gasteiger partial charge in [-0.05, 0) is 13.0 Å². The summed E-state index contributed by atoms with van der Waals surface area (Å²) in [5.41, 5.74) is -0.126. The van der Waals surface area contributed by atoms with E-state index in [0.29, 0.717) is 5.56 Å². The molecule has 20 heavy (non-hydrogen) atoms. The van der Waals surface area contributed by atoms with Crippen LogP contribution in [0.4, 0.5) is 0 Å². The van der Waals surface area contributed by atoms with Crippen molar-refractivity contribution in [3.63, 3.8) is 0 Å². The minimum atomic E-state index is -1.25. The van der Waals surface area contributed by atoms with Gasteiger partial charge in [0.25, 0.3) is 5.56 Å². The van der Waals surface area contributed by atoms with Gasteiger partial charge in [0.15, 0.2) is 11.2 Å². The van der Waals surface area contributed by atoms with Gasteiger partial charge in [-0.15, -0.1) is 0 Å². The van der Waals surface area contributed by atoms with Crippen molar-refractivity contribution in [2.75, 3.05) is 0 Å². The molecule has 0 aromatic carbocycles. The van der Waals surface area contributed by atoms with Gasteiger partial charge in [0.1, 0.15) is 5.76 Å². The molecule has 0 spiro atoms. The van der Waals surface area contributed by atoms with Crippen LogP contribution in [0, 0.1) is 6.92 Å². The predicted octanol–water partition coefficient (Wildman–Crippen LogP) is 1.03. The largest absolute Gasteiger partial charge is 0.476 e. The molecule has 0 saturated heterocycles. The molecule has 8 heteroatoms. The van der Waals surface area contributed by atoms with Crippen molar-refractivity contribution in [2.45, 2.75) is 13.5 Å². The maximum atomic E-state index is 12.2. The lowest BCUT2D eigenvalue weighted by molar-refractivity contribution is 0.0690. The molecule has 0 saturated carbocycles. The van der Waals surface area contributed by atoms with Crippen molar-refractivity contribution in [3.8, 4) is 0 Å². The number of aromatic nitrogens is 3. The third kappa shape index (κ3) is 1.78. The van der Waals surface area contributed by atoms with Crippen molar-refractivity contribution < 1.29 is 18.8 Å². The molecular weight excluding hydrogens is 266 g/mol. The number of hydrogen-bond acceptors (Lipinski definition) is 6. The van der Waals surface area contributed by atoms with Gasteiger partial charge in [-0.1, -0.05) is 5.16 Å². The molecule has 0 aliphatic carbocycles. The maximum Gasteiger partial charge on any atom is 0.357 e. The zero-order valence-corrected chi connectivity index (χ0v) is 10.4. The van der Waals surface area contributed by atoms with Crippen molar-refractivity contribution in [1.29, 1.82) is 0 Å². The third-order valence-corrected chi connectivity index (χ3v) is 2.87. The van der Waals surface area contributed by atoms with Crippen LogP contribution < -0.4 is 5.56 Å². The Morgan fingerprint density at radius 1 is 1.50 bits per heavy atom. The predicted molar refractivity (Wildman–Crippen MR) is 65.6 cm³/mol. The van der Waals surface area contributed by atoms with Gasteiger partial charge in [0, 0.05) is 5.56 Å². The third-order valence-electron chi connectivity index (χ3n) is 2.87. The van der Waals surface area contributed by atoms with Gasteiger partial charge in [-0.2, -0.15) is 5.10 Å². The second-order valence-electron chi connectivity index (χ2n) is 4.21. The summed E-state index contributed by atoms with van der Waals surface area (Å²) >= 11 is 0. The van der Waals surface area contributed by atoms with Gasteiger partial charge in [0.05, 0.1) is 24.5 Å². The highest BCUT2D eigenvalue weighted by molar-refractivity contribution is 6.00. The van der Waals surface area contributed by atoms with E-state index in [4.69, 9.17) is 8.94 Å². The van der Waals surface area contributed by atoms with Crippen LogP contribution in [-0.2, 0) is 6.54 Å². The summed E-state index contributed by atoms with van der Waals surface area (Å²) in [4.78, 5) is 23.5. The topological polar surface area (TPSA) is 111 Å². The average Bonchev–Trinajstić information content (AvgIpc) is 3.03. The van der Waals surface area contributed by atoms with Crippen molar-refractivity contribution in [2.24, 2.45) is 0 Å². The lowest BCUT2D eigenvalue weighted by Crippen LogP contribution is -2.26. The highest BCUT2D eigenvalue weighted by atomic mass is 16.5. The summed E-state index contributed by atoms with van der Waals surface area (Å²) in [5, 5.41) is 16.8. The Balaban J connectivity index is 2.26. The SMILES string of the molecule is Cc1onc2c(=O)n(Cc3ccoc3)nc(C(=O)O)c12. The van der Waals surface area contributed by atoms with Crippen molar-refractivity contribution >= 4 is 16.9 Å². The number of hydrogen-bond donors (Lipinski definition) is 1. The number of aryl methyl sites for hydroxylation is 1. The number of aromatic carboxylic acids is 1. The number of carboxylic acid groups (broad SMARTS) is 1. The Labute approximate surface area is 111 Å². The highest BCUT2D eigenvalue weighted by Crippen LogP contribution is 2.17. The summed E-state index contributed by atoms with van der Waals surface area (Å²) in [6.07, 6.45) is 2.91. The molecule has 0 fully saturated rings. The highest BCUT2D eigenvalue weighted by Gasteiger charge is 2.21. The standard InChI is InChI=1S/C12H9N3O5/c1-6-8-9(14-20-6)11(16)15(13-10(8)12(17)18)4-7-2-3-19-5-7/h2-3,5H,4H2,1H3,(H,17,18). The van der Waals surface area contributed by atoms with E-state index in [0.717, 1.165) is 4.68 Å². The fraction of sp³-hybridized carbons (Fsp3) is 0.167. The molecule has 0 aliphatic rings. The Kier molecular flexibility index (Phi) is 2.63. The molecule has 8 nitrogen and oxygen atoms in total. The minimum absolute atomic E-state index is 0.0432. The van der Waals surface area contributed by atoms with Gasteiger partial charge in [-0.3, -0.25) is 4.79 Å². The number of fused-ring (bicyclic) bond motifs is 1. The zero-order chi connectivity index (χ0) is 14.3. The molecule has 3 aromatic heterocycles. The molecule has 0 bridgehead atoms. The van der Waals surface area contributed by atoms with E-state index >= 15 is 0 Å². The lowest BCUT2D eigenvalue weighted by Gasteiger charge is -2.04. The quantitative estimate of drug-likeness (QED) is 0.759. The molecule has 102 valence electrons. The Hall–Kier alpha value is -2.90. The summed E-state index contributed by atoms with van der Waals surface area (Å²) in [6, 6.07) is 1.66. The second-order valence-corrected chi connectivity index (χ2v) is 4.21. The summed E-state index contributed by atoms with van der Waals surface area (Å²) in [7, 11) is 0. The molecule has 3 heterocycles. The summed E-state index contributed by atoms with van der Waals surface area (Å²) in [5.74, 6) is -1.00. The van der Waals surface area contributed by atoms with Crippen LogP contribution in [0.1, 0.15) is 21.8 Å². The smallest absolute Gasteiger partial charge is 0.357 e. The van der Waals surface area contributed by atoms with Gasteiger partial charge in [-0.25, -0.2) is 9.48 Å². The van der Waals surface area contributed by atoms with Gasteiger partial charge in [0.2, 0.25) is 0 Å². The monoisotopic (exact) mass is 275 g/mol. The van der Waals surface area contributed by atoms with E-state index in [-0.39, 0.29) is 28.9 Å². The van der Waals surface area contributed by atoms with Gasteiger partial charge >= 0.3 is 5.97 Å². The van der Waals surface area contributed by atoms with Crippen LogP contribution >= 0.6 is 0 Å². The van der Waals surface area contributed by atoms with Crippen molar-refractivity contribution in [1.82, 2.24) is 14.9 Å². The number of furan rings is 1. The molecule has 1 N–H and O–H groups in total. The van der Waals surface area contributed by atoms with Crippen LogP contribution in [-0.4, -0.2) is 26.0 Å². The number of rotatable bonds is 3.